The Morgan fingerprint density at radius 2 is 2.29 bits per heavy atom. The van der Waals surface area contributed by atoms with Crippen molar-refractivity contribution in [2.45, 2.75) is 18.2 Å². The lowest BCUT2D eigenvalue weighted by Gasteiger charge is -2.27. The van der Waals surface area contributed by atoms with Gasteiger partial charge in [-0.3, -0.25) is 4.90 Å². The summed E-state index contributed by atoms with van der Waals surface area (Å²) in [6, 6.07) is 0.672. The van der Waals surface area contributed by atoms with Gasteiger partial charge in [0.15, 0.2) is 0 Å². The minimum absolute atomic E-state index is 0.672. The summed E-state index contributed by atoms with van der Waals surface area (Å²) in [5.74, 6) is 0. The Hall–Kier alpha value is 0.230. The van der Waals surface area contributed by atoms with Gasteiger partial charge >= 0.3 is 0 Å². The Balaban J connectivity index is 2.24. The van der Waals surface area contributed by atoms with E-state index in [0.717, 1.165) is 38.1 Å². The molecule has 2 atom stereocenters. The number of ether oxygens (including phenoxy) is 1. The molecule has 0 aromatic carbocycles. The highest BCUT2D eigenvalue weighted by Crippen LogP contribution is 2.18. The molecule has 1 heterocycles. The standard InChI is InChI=1S/C10H22N2OS/c1-4-13-6-5-12(2)9-7-11-8-10(9)14-3/h9-11H,4-8H2,1-3H3. The lowest BCUT2D eigenvalue weighted by atomic mass is 10.2. The maximum absolute atomic E-state index is 5.36. The molecule has 0 saturated carbocycles. The summed E-state index contributed by atoms with van der Waals surface area (Å²) in [7, 11) is 2.19. The second-order valence-corrected chi connectivity index (χ2v) is 4.75. The third-order valence-corrected chi connectivity index (χ3v) is 3.88. The van der Waals surface area contributed by atoms with Crippen molar-refractivity contribution < 1.29 is 4.74 Å². The van der Waals surface area contributed by atoms with E-state index in [9.17, 15) is 0 Å². The van der Waals surface area contributed by atoms with Gasteiger partial charge in [-0.2, -0.15) is 11.8 Å². The molecule has 1 aliphatic heterocycles. The first kappa shape index (κ1) is 12.3. The number of likely N-dealkylation sites (N-methyl/N-ethyl adjacent to an activating group) is 1. The first-order valence-corrected chi connectivity index (χ1v) is 6.59. The fourth-order valence-corrected chi connectivity index (χ4v) is 2.74. The van der Waals surface area contributed by atoms with Gasteiger partial charge < -0.3 is 10.1 Å². The average molecular weight is 218 g/mol. The molecule has 4 heteroatoms. The van der Waals surface area contributed by atoms with Crippen molar-refractivity contribution >= 4 is 11.8 Å². The highest BCUT2D eigenvalue weighted by atomic mass is 32.2. The van der Waals surface area contributed by atoms with Crippen molar-refractivity contribution in [3.63, 3.8) is 0 Å². The summed E-state index contributed by atoms with van der Waals surface area (Å²) in [4.78, 5) is 2.41. The molecule has 3 nitrogen and oxygen atoms in total. The number of thioether (sulfide) groups is 1. The van der Waals surface area contributed by atoms with Crippen molar-refractivity contribution in [1.82, 2.24) is 10.2 Å². The summed E-state index contributed by atoms with van der Waals surface area (Å²) in [5.41, 5.74) is 0. The Bertz CT molecular complexity index is 157. The SMILES string of the molecule is CCOCCN(C)C1CNCC1SC. The van der Waals surface area contributed by atoms with Crippen LogP contribution in [-0.4, -0.2) is 62.3 Å². The summed E-state index contributed by atoms with van der Waals surface area (Å²) in [6.07, 6.45) is 2.20. The monoisotopic (exact) mass is 218 g/mol. The normalized spacial score (nSPS) is 27.4. The summed E-state index contributed by atoms with van der Waals surface area (Å²) < 4.78 is 5.36. The third-order valence-electron chi connectivity index (χ3n) is 2.79. The van der Waals surface area contributed by atoms with Crippen molar-refractivity contribution in [3.05, 3.63) is 0 Å². The molecule has 0 aromatic rings. The lowest BCUT2D eigenvalue weighted by molar-refractivity contribution is 0.111. The van der Waals surface area contributed by atoms with E-state index in [4.69, 9.17) is 4.74 Å². The predicted molar refractivity (Wildman–Crippen MR) is 63.1 cm³/mol. The Labute approximate surface area is 91.6 Å². The average Bonchev–Trinajstić information content (AvgIpc) is 2.65. The fraction of sp³-hybridized carbons (Fsp3) is 1.00. The van der Waals surface area contributed by atoms with Crippen LogP contribution in [0.25, 0.3) is 0 Å². The Morgan fingerprint density at radius 3 is 2.93 bits per heavy atom. The van der Waals surface area contributed by atoms with Crippen LogP contribution in [0.4, 0.5) is 0 Å². The number of hydrogen-bond donors (Lipinski definition) is 1. The molecular formula is C10H22N2OS. The highest BCUT2D eigenvalue weighted by Gasteiger charge is 2.28. The molecular weight excluding hydrogens is 196 g/mol. The molecule has 1 saturated heterocycles. The van der Waals surface area contributed by atoms with Gasteiger partial charge in [-0.1, -0.05) is 0 Å². The molecule has 0 aliphatic carbocycles. The maximum Gasteiger partial charge on any atom is 0.0593 e. The van der Waals surface area contributed by atoms with Crippen LogP contribution < -0.4 is 5.32 Å². The molecule has 1 N–H and O–H groups in total. The van der Waals surface area contributed by atoms with Gasteiger partial charge in [0, 0.05) is 37.5 Å². The van der Waals surface area contributed by atoms with Crippen LogP contribution >= 0.6 is 11.8 Å². The first-order chi connectivity index (χ1) is 6.79. The van der Waals surface area contributed by atoms with Crippen LogP contribution in [0, 0.1) is 0 Å². The number of nitrogens with zero attached hydrogens (tertiary/aromatic N) is 1. The van der Waals surface area contributed by atoms with Crippen LogP contribution in [0.2, 0.25) is 0 Å². The van der Waals surface area contributed by atoms with Crippen LogP contribution in [-0.2, 0) is 4.74 Å². The van der Waals surface area contributed by atoms with Gasteiger partial charge in [-0.05, 0) is 20.2 Å². The molecule has 2 unspecified atom stereocenters. The van der Waals surface area contributed by atoms with Gasteiger partial charge in [0.2, 0.25) is 0 Å². The highest BCUT2D eigenvalue weighted by molar-refractivity contribution is 7.99. The molecule has 14 heavy (non-hydrogen) atoms. The molecule has 0 radical (unpaired) electrons. The minimum Gasteiger partial charge on any atom is -0.380 e. The predicted octanol–water partition coefficient (Wildman–Crippen LogP) is 0.658. The van der Waals surface area contributed by atoms with Crippen LogP contribution in [0.3, 0.4) is 0 Å². The van der Waals surface area contributed by atoms with E-state index in [1.807, 2.05) is 18.7 Å². The topological polar surface area (TPSA) is 24.5 Å². The van der Waals surface area contributed by atoms with Crippen molar-refractivity contribution in [3.8, 4) is 0 Å². The zero-order valence-electron chi connectivity index (χ0n) is 9.45. The van der Waals surface area contributed by atoms with Gasteiger partial charge in [0.1, 0.15) is 0 Å². The van der Waals surface area contributed by atoms with Gasteiger partial charge in [0.25, 0.3) is 0 Å². The molecule has 1 rings (SSSR count). The minimum atomic E-state index is 0.672. The molecule has 0 amide bonds. The van der Waals surface area contributed by atoms with E-state index in [-0.39, 0.29) is 0 Å². The molecule has 84 valence electrons. The van der Waals surface area contributed by atoms with E-state index >= 15 is 0 Å². The second kappa shape index (κ2) is 6.67. The van der Waals surface area contributed by atoms with E-state index in [1.54, 1.807) is 0 Å². The van der Waals surface area contributed by atoms with Crippen LogP contribution in [0.15, 0.2) is 0 Å². The first-order valence-electron chi connectivity index (χ1n) is 5.31. The van der Waals surface area contributed by atoms with Gasteiger partial charge in [-0.25, -0.2) is 0 Å². The van der Waals surface area contributed by atoms with E-state index < -0.39 is 0 Å². The molecule has 1 fully saturated rings. The third kappa shape index (κ3) is 3.42. The zero-order valence-corrected chi connectivity index (χ0v) is 10.3. The van der Waals surface area contributed by atoms with Crippen LogP contribution in [0.5, 0.6) is 0 Å². The molecule has 1 aliphatic rings. The molecule has 0 spiro atoms. The van der Waals surface area contributed by atoms with E-state index in [2.05, 4.69) is 23.5 Å². The number of hydrogen-bond acceptors (Lipinski definition) is 4. The maximum atomic E-state index is 5.36. The number of rotatable bonds is 6. The van der Waals surface area contributed by atoms with E-state index in [1.165, 1.54) is 0 Å². The van der Waals surface area contributed by atoms with Crippen molar-refractivity contribution in [1.29, 1.82) is 0 Å². The Morgan fingerprint density at radius 1 is 1.50 bits per heavy atom. The quantitative estimate of drug-likeness (QED) is 0.662. The van der Waals surface area contributed by atoms with E-state index in [0.29, 0.717) is 6.04 Å². The van der Waals surface area contributed by atoms with Crippen molar-refractivity contribution in [2.24, 2.45) is 0 Å². The molecule has 0 aromatic heterocycles. The zero-order chi connectivity index (χ0) is 10.4. The second-order valence-electron chi connectivity index (χ2n) is 3.68. The lowest BCUT2D eigenvalue weighted by Crippen LogP contribution is -2.41. The van der Waals surface area contributed by atoms with Gasteiger partial charge in [-0.15, -0.1) is 0 Å². The smallest absolute Gasteiger partial charge is 0.0593 e. The van der Waals surface area contributed by atoms with Gasteiger partial charge in [0.05, 0.1) is 6.61 Å². The number of nitrogens with one attached hydrogen (secondary N) is 1. The Kier molecular flexibility index (Phi) is 5.86. The fourth-order valence-electron chi connectivity index (χ4n) is 1.84. The van der Waals surface area contributed by atoms with Crippen molar-refractivity contribution in [2.75, 3.05) is 46.2 Å². The summed E-state index contributed by atoms with van der Waals surface area (Å²) in [5, 5.41) is 4.18. The largest absolute Gasteiger partial charge is 0.380 e. The summed E-state index contributed by atoms with van der Waals surface area (Å²) >= 11 is 1.96. The summed E-state index contributed by atoms with van der Waals surface area (Å²) in [6.45, 7) is 7.02. The molecule has 0 bridgehead atoms. The van der Waals surface area contributed by atoms with Crippen LogP contribution in [0.1, 0.15) is 6.92 Å².